The van der Waals surface area contributed by atoms with Gasteiger partial charge in [-0.1, -0.05) is 18.7 Å². The van der Waals surface area contributed by atoms with Crippen molar-refractivity contribution in [3.8, 4) is 22.7 Å². The zero-order valence-electron chi connectivity index (χ0n) is 19.4. The fourth-order valence-corrected chi connectivity index (χ4v) is 4.79. The van der Waals surface area contributed by atoms with Crippen molar-refractivity contribution in [2.45, 2.75) is 6.18 Å². The number of benzene rings is 2. The van der Waals surface area contributed by atoms with Gasteiger partial charge in [-0.3, -0.25) is 14.2 Å². The van der Waals surface area contributed by atoms with E-state index in [2.05, 4.69) is 11.0 Å². The number of halogens is 3. The van der Waals surface area contributed by atoms with Crippen molar-refractivity contribution in [2.24, 2.45) is 7.05 Å². The number of fused-ring (bicyclic) bond motifs is 1. The summed E-state index contributed by atoms with van der Waals surface area (Å²) in [5.41, 5.74) is -2.95. The maximum atomic E-state index is 13.2. The average molecular weight is 567 g/mol. The maximum absolute atomic E-state index is 13.2. The number of nitrogens with one attached hydrogen (secondary N) is 1. The van der Waals surface area contributed by atoms with E-state index in [4.69, 9.17) is 4.74 Å². The number of rotatable bonds is 7. The summed E-state index contributed by atoms with van der Waals surface area (Å²) in [6, 6.07) is 11.2. The monoisotopic (exact) mass is 566 g/mol. The number of alkyl halides is 3. The van der Waals surface area contributed by atoms with Gasteiger partial charge in [-0.15, -0.1) is 0 Å². The number of hydrogen-bond donors (Lipinski definition) is 1. The number of ether oxygens (including phenoxy) is 1. The van der Waals surface area contributed by atoms with E-state index in [1.165, 1.54) is 18.2 Å². The Bertz CT molecular complexity index is 1810. The molecule has 0 atom stereocenters. The van der Waals surface area contributed by atoms with Gasteiger partial charge >= 0.3 is 11.9 Å². The van der Waals surface area contributed by atoms with E-state index in [0.29, 0.717) is 42.0 Å². The highest BCUT2D eigenvalue weighted by atomic mass is 32.2. The summed E-state index contributed by atoms with van der Waals surface area (Å²) in [6.07, 6.45) is -4.89. The van der Waals surface area contributed by atoms with Crippen LogP contribution in [0.15, 0.2) is 70.1 Å². The lowest BCUT2D eigenvalue weighted by Gasteiger charge is -2.14. The van der Waals surface area contributed by atoms with Crippen LogP contribution in [-0.2, 0) is 28.0 Å². The molecule has 10 nitrogen and oxygen atoms in total. The van der Waals surface area contributed by atoms with Crippen molar-refractivity contribution in [1.82, 2.24) is 18.2 Å². The Kier molecular flexibility index (Phi) is 6.99. The minimum Gasteiger partial charge on any atom is -0.483 e. The number of para-hydroxylation sites is 1. The molecule has 0 saturated heterocycles. The van der Waals surface area contributed by atoms with Crippen molar-refractivity contribution >= 4 is 37.5 Å². The van der Waals surface area contributed by atoms with Crippen LogP contribution < -0.4 is 20.7 Å². The molecule has 0 fully saturated rings. The van der Waals surface area contributed by atoms with Gasteiger partial charge in [0.05, 0.1) is 16.1 Å². The minimum atomic E-state index is -4.89. The van der Waals surface area contributed by atoms with Crippen LogP contribution in [0.3, 0.4) is 0 Å². The number of hydrogen-bond acceptors (Lipinski definition) is 8. The van der Waals surface area contributed by atoms with E-state index >= 15 is 0 Å². The summed E-state index contributed by atoms with van der Waals surface area (Å²) in [5, 5.41) is 1.03. The molecule has 0 aliphatic rings. The van der Waals surface area contributed by atoms with Crippen molar-refractivity contribution in [3.05, 3.63) is 87.0 Å². The van der Waals surface area contributed by atoms with Crippen LogP contribution >= 0.6 is 11.5 Å². The largest absolute Gasteiger partial charge is 0.483 e. The molecule has 0 aliphatic carbocycles. The van der Waals surface area contributed by atoms with E-state index < -0.39 is 45.7 Å². The lowest BCUT2D eigenvalue weighted by Crippen LogP contribution is -2.40. The lowest BCUT2D eigenvalue weighted by molar-refractivity contribution is -0.144. The van der Waals surface area contributed by atoms with Gasteiger partial charge in [-0.25, -0.2) is 22.5 Å². The molecule has 4 aromatic rings. The quantitative estimate of drug-likeness (QED) is 0.364. The number of carbonyl (C=O) groups excluding carboxylic acids is 1. The second kappa shape index (κ2) is 9.90. The molecule has 0 saturated carbocycles. The SMILES string of the molecule is C=CS(=O)(=O)NC(=O)COc1ccccc1-c1nsc2ccc(-n3c(=O)cc(C(F)(F)F)n(C)c3=O)cc12. The summed E-state index contributed by atoms with van der Waals surface area (Å²) in [7, 11) is -3.08. The van der Waals surface area contributed by atoms with Crippen LogP contribution in [0.2, 0.25) is 0 Å². The first kappa shape index (κ1) is 26.8. The molecule has 15 heteroatoms. The Morgan fingerprint density at radius 1 is 1.18 bits per heavy atom. The topological polar surface area (TPSA) is 129 Å². The van der Waals surface area contributed by atoms with Crippen LogP contribution in [0.25, 0.3) is 27.0 Å². The van der Waals surface area contributed by atoms with Gasteiger partial charge in [-0.2, -0.15) is 17.5 Å². The fraction of sp³-hybridized carbons (Fsp3) is 0.130. The third kappa shape index (κ3) is 5.24. The molecule has 198 valence electrons. The molecule has 0 bridgehead atoms. The van der Waals surface area contributed by atoms with Gasteiger partial charge < -0.3 is 4.74 Å². The maximum Gasteiger partial charge on any atom is 0.431 e. The highest BCUT2D eigenvalue weighted by Gasteiger charge is 2.35. The first-order chi connectivity index (χ1) is 17.8. The van der Waals surface area contributed by atoms with Crippen molar-refractivity contribution in [2.75, 3.05) is 6.61 Å². The highest BCUT2D eigenvalue weighted by molar-refractivity contribution is 7.92. The number of amides is 1. The Hall–Kier alpha value is -4.24. The van der Waals surface area contributed by atoms with Crippen LogP contribution in [0.5, 0.6) is 5.75 Å². The van der Waals surface area contributed by atoms with Crippen molar-refractivity contribution in [1.29, 1.82) is 0 Å². The molecule has 2 aromatic heterocycles. The molecule has 0 unspecified atom stereocenters. The van der Waals surface area contributed by atoms with E-state index in [9.17, 15) is 36.0 Å². The Morgan fingerprint density at radius 2 is 1.89 bits per heavy atom. The summed E-state index contributed by atoms with van der Waals surface area (Å²) in [5.74, 6) is -0.762. The average Bonchev–Trinajstić information content (AvgIpc) is 3.27. The zero-order valence-corrected chi connectivity index (χ0v) is 21.0. The number of aromatic nitrogens is 3. The Labute approximate surface area is 216 Å². The van der Waals surface area contributed by atoms with Crippen LogP contribution in [0, 0.1) is 0 Å². The number of nitrogens with zero attached hydrogens (tertiary/aromatic N) is 3. The molecule has 4 rings (SSSR count). The molecule has 2 aromatic carbocycles. The third-order valence-corrected chi connectivity index (χ3v) is 7.08. The molecule has 0 radical (unpaired) electrons. The van der Waals surface area contributed by atoms with Crippen LogP contribution in [-0.4, -0.2) is 34.4 Å². The zero-order chi connectivity index (χ0) is 27.8. The first-order valence-electron chi connectivity index (χ1n) is 10.5. The Morgan fingerprint density at radius 3 is 2.58 bits per heavy atom. The number of carbonyl (C=O) groups is 1. The number of sulfonamides is 1. The van der Waals surface area contributed by atoms with Crippen molar-refractivity contribution < 1.29 is 31.1 Å². The van der Waals surface area contributed by atoms with Gasteiger partial charge in [-0.05, 0) is 41.9 Å². The fourth-order valence-electron chi connectivity index (χ4n) is 3.56. The molecular weight excluding hydrogens is 549 g/mol. The predicted molar refractivity (Wildman–Crippen MR) is 134 cm³/mol. The van der Waals surface area contributed by atoms with E-state index in [0.717, 1.165) is 18.6 Å². The first-order valence-corrected chi connectivity index (χ1v) is 12.8. The second-order valence-corrected chi connectivity index (χ2v) is 10.2. The molecule has 0 aliphatic heterocycles. The van der Waals surface area contributed by atoms with Gasteiger partial charge in [0.15, 0.2) is 6.61 Å². The molecule has 38 heavy (non-hydrogen) atoms. The van der Waals surface area contributed by atoms with E-state index in [1.807, 2.05) is 0 Å². The predicted octanol–water partition coefficient (Wildman–Crippen LogP) is 2.80. The van der Waals surface area contributed by atoms with Gasteiger partial charge in [0.25, 0.3) is 21.5 Å². The second-order valence-electron chi connectivity index (χ2n) is 7.78. The van der Waals surface area contributed by atoms with Gasteiger partial charge in [0, 0.05) is 29.5 Å². The minimum absolute atomic E-state index is 0.0192. The summed E-state index contributed by atoms with van der Waals surface area (Å²) in [6.45, 7) is 2.45. The van der Waals surface area contributed by atoms with Crippen molar-refractivity contribution in [3.63, 3.8) is 0 Å². The van der Waals surface area contributed by atoms with E-state index in [1.54, 1.807) is 29.0 Å². The summed E-state index contributed by atoms with van der Waals surface area (Å²) >= 11 is 1.08. The van der Waals surface area contributed by atoms with Gasteiger partial charge in [0.1, 0.15) is 11.4 Å². The lowest BCUT2D eigenvalue weighted by atomic mass is 10.1. The molecular formula is C23H17F3N4O6S2. The smallest absolute Gasteiger partial charge is 0.431 e. The summed E-state index contributed by atoms with van der Waals surface area (Å²) in [4.78, 5) is 37.2. The third-order valence-electron chi connectivity index (χ3n) is 5.30. The Balaban J connectivity index is 1.76. The molecule has 0 spiro atoms. The highest BCUT2D eigenvalue weighted by Crippen LogP contribution is 2.37. The molecule has 1 N–H and O–H groups in total. The summed E-state index contributed by atoms with van der Waals surface area (Å²) < 4.78 is 75.9. The normalized spacial score (nSPS) is 11.9. The molecule has 1 amide bonds. The van der Waals surface area contributed by atoms with E-state index in [-0.39, 0.29) is 11.4 Å². The molecule has 2 heterocycles. The van der Waals surface area contributed by atoms with Crippen LogP contribution in [0.4, 0.5) is 13.2 Å². The van der Waals surface area contributed by atoms with Gasteiger partial charge in [0.2, 0.25) is 0 Å². The van der Waals surface area contributed by atoms with Crippen LogP contribution in [0.1, 0.15) is 5.69 Å². The standard InChI is InChI=1S/C23H17F3N4O6S2/c1-3-38(34,35)28-19(31)12-36-16-7-5-4-6-14(16)21-15-10-13(8-9-17(15)37-27-21)30-20(32)11-18(23(24,25)26)29(2)22(30)33/h3-11H,1,12H2,2H3,(H,28,31).